The van der Waals surface area contributed by atoms with Gasteiger partial charge in [-0.3, -0.25) is 9.59 Å². The standard InChI is InChI=1S/C28H22ClFN2O3S/c29-24-17-21(13-16-25(24)30)32-28(34)27(19-7-3-1-4-8-19)36-23-14-11-20(12-15-23)31-26(33)18-35-22-9-5-2-6-10-22/h1-17,27H,18H2,(H,31,33)(H,32,34). The zero-order valence-corrected chi connectivity index (χ0v) is 20.6. The number of benzene rings is 4. The molecule has 0 aromatic heterocycles. The quantitative estimate of drug-likeness (QED) is 0.234. The topological polar surface area (TPSA) is 67.4 Å². The van der Waals surface area contributed by atoms with Gasteiger partial charge in [0, 0.05) is 16.3 Å². The summed E-state index contributed by atoms with van der Waals surface area (Å²) in [5, 5.41) is 4.97. The first-order valence-corrected chi connectivity index (χ1v) is 12.3. The molecule has 182 valence electrons. The molecule has 1 atom stereocenters. The molecule has 0 saturated carbocycles. The zero-order chi connectivity index (χ0) is 25.3. The van der Waals surface area contributed by atoms with Gasteiger partial charge in [0.05, 0.1) is 5.02 Å². The van der Waals surface area contributed by atoms with Crippen molar-refractivity contribution in [2.45, 2.75) is 10.1 Å². The van der Waals surface area contributed by atoms with E-state index in [9.17, 15) is 14.0 Å². The molecule has 0 bridgehead atoms. The van der Waals surface area contributed by atoms with E-state index in [1.807, 2.05) is 60.7 Å². The first-order valence-electron chi connectivity index (χ1n) is 11.0. The Labute approximate surface area is 217 Å². The molecule has 0 saturated heterocycles. The average Bonchev–Trinajstić information content (AvgIpc) is 2.90. The number of para-hydroxylation sites is 1. The Morgan fingerprint density at radius 2 is 1.47 bits per heavy atom. The van der Waals surface area contributed by atoms with Gasteiger partial charge in [0.25, 0.3) is 5.91 Å². The van der Waals surface area contributed by atoms with Crippen LogP contribution < -0.4 is 15.4 Å². The van der Waals surface area contributed by atoms with Crippen molar-refractivity contribution in [3.05, 3.63) is 120 Å². The maximum atomic E-state index is 13.5. The van der Waals surface area contributed by atoms with Crippen LogP contribution in [0.3, 0.4) is 0 Å². The Balaban J connectivity index is 1.41. The van der Waals surface area contributed by atoms with Crippen molar-refractivity contribution in [2.75, 3.05) is 17.2 Å². The van der Waals surface area contributed by atoms with Gasteiger partial charge in [-0.15, -0.1) is 11.8 Å². The van der Waals surface area contributed by atoms with Crippen LogP contribution in [0.25, 0.3) is 0 Å². The Hall–Kier alpha value is -3.81. The molecule has 4 aromatic rings. The van der Waals surface area contributed by atoms with Gasteiger partial charge in [0.2, 0.25) is 5.91 Å². The third kappa shape index (κ3) is 7.10. The summed E-state index contributed by atoms with van der Waals surface area (Å²) >= 11 is 7.21. The molecule has 0 fully saturated rings. The van der Waals surface area contributed by atoms with Gasteiger partial charge in [-0.25, -0.2) is 4.39 Å². The molecule has 0 aliphatic heterocycles. The van der Waals surface area contributed by atoms with Crippen LogP contribution in [0, 0.1) is 5.82 Å². The predicted molar refractivity (Wildman–Crippen MR) is 142 cm³/mol. The van der Waals surface area contributed by atoms with Gasteiger partial charge in [-0.2, -0.15) is 0 Å². The molecule has 4 rings (SSSR count). The monoisotopic (exact) mass is 520 g/mol. The lowest BCUT2D eigenvalue weighted by molar-refractivity contribution is -0.118. The lowest BCUT2D eigenvalue weighted by atomic mass is 10.1. The molecule has 0 aliphatic carbocycles. The number of nitrogens with one attached hydrogen (secondary N) is 2. The highest BCUT2D eigenvalue weighted by atomic mass is 35.5. The predicted octanol–water partition coefficient (Wildman–Crippen LogP) is 6.97. The van der Waals surface area contributed by atoms with Crippen molar-refractivity contribution in [3.8, 4) is 5.75 Å². The van der Waals surface area contributed by atoms with E-state index in [4.69, 9.17) is 16.3 Å². The van der Waals surface area contributed by atoms with Gasteiger partial charge in [0.1, 0.15) is 16.8 Å². The van der Waals surface area contributed by atoms with Crippen LogP contribution in [0.5, 0.6) is 5.75 Å². The summed E-state index contributed by atoms with van der Waals surface area (Å²) in [6, 6.07) is 29.7. The minimum Gasteiger partial charge on any atom is -0.484 e. The smallest absolute Gasteiger partial charge is 0.262 e. The number of rotatable bonds is 9. The molecule has 5 nitrogen and oxygen atoms in total. The number of carbonyl (C=O) groups excluding carboxylic acids is 2. The lowest BCUT2D eigenvalue weighted by Gasteiger charge is -2.17. The number of hydrogen-bond donors (Lipinski definition) is 2. The Kier molecular flexibility index (Phi) is 8.60. The molecule has 1 unspecified atom stereocenters. The molecular weight excluding hydrogens is 499 g/mol. The molecule has 4 aromatic carbocycles. The Morgan fingerprint density at radius 3 is 2.14 bits per heavy atom. The van der Waals surface area contributed by atoms with Crippen molar-refractivity contribution < 1.29 is 18.7 Å². The van der Waals surface area contributed by atoms with Crippen LogP contribution in [-0.2, 0) is 9.59 Å². The second-order valence-electron chi connectivity index (χ2n) is 7.70. The molecule has 8 heteroatoms. The second-order valence-corrected chi connectivity index (χ2v) is 9.29. The normalized spacial score (nSPS) is 11.4. The van der Waals surface area contributed by atoms with E-state index < -0.39 is 11.1 Å². The lowest BCUT2D eigenvalue weighted by Crippen LogP contribution is -2.20. The number of thioether (sulfide) groups is 1. The van der Waals surface area contributed by atoms with E-state index in [1.54, 1.807) is 24.3 Å². The van der Waals surface area contributed by atoms with Gasteiger partial charge < -0.3 is 15.4 Å². The highest BCUT2D eigenvalue weighted by Gasteiger charge is 2.22. The summed E-state index contributed by atoms with van der Waals surface area (Å²) < 4.78 is 19.0. The van der Waals surface area contributed by atoms with E-state index >= 15 is 0 Å². The second kappa shape index (κ2) is 12.2. The Bertz CT molecular complexity index is 1320. The summed E-state index contributed by atoms with van der Waals surface area (Å²) in [7, 11) is 0. The number of halogens is 2. The van der Waals surface area contributed by atoms with Crippen molar-refractivity contribution in [2.24, 2.45) is 0 Å². The number of amides is 2. The minimum atomic E-state index is -0.574. The van der Waals surface area contributed by atoms with Gasteiger partial charge in [0.15, 0.2) is 6.61 Å². The fraction of sp³-hybridized carbons (Fsp3) is 0.0714. The van der Waals surface area contributed by atoms with E-state index in [1.165, 1.54) is 30.0 Å². The summed E-state index contributed by atoms with van der Waals surface area (Å²) in [5.41, 5.74) is 1.83. The summed E-state index contributed by atoms with van der Waals surface area (Å²) in [4.78, 5) is 26.2. The van der Waals surface area contributed by atoms with Gasteiger partial charge in [-0.1, -0.05) is 60.1 Å². The maximum absolute atomic E-state index is 13.5. The minimum absolute atomic E-state index is 0.0662. The van der Waals surface area contributed by atoms with E-state index in [-0.39, 0.29) is 23.4 Å². The number of ether oxygens (including phenoxy) is 1. The van der Waals surface area contributed by atoms with E-state index in [0.29, 0.717) is 17.1 Å². The van der Waals surface area contributed by atoms with Crippen LogP contribution in [0.2, 0.25) is 5.02 Å². The van der Waals surface area contributed by atoms with E-state index in [0.717, 1.165) is 10.5 Å². The highest BCUT2D eigenvalue weighted by molar-refractivity contribution is 8.00. The first kappa shape index (κ1) is 25.3. The van der Waals surface area contributed by atoms with E-state index in [2.05, 4.69) is 10.6 Å². The van der Waals surface area contributed by atoms with Crippen LogP contribution in [0.1, 0.15) is 10.8 Å². The van der Waals surface area contributed by atoms with Crippen LogP contribution in [0.4, 0.5) is 15.8 Å². The number of anilines is 2. The van der Waals surface area contributed by atoms with Crippen LogP contribution in [0.15, 0.2) is 108 Å². The SMILES string of the molecule is O=C(COc1ccccc1)Nc1ccc(SC(C(=O)Nc2ccc(F)c(Cl)c2)c2ccccc2)cc1. The molecular formula is C28H22ClFN2O3S. The number of carbonyl (C=O) groups is 2. The van der Waals surface area contributed by atoms with Gasteiger partial charge >= 0.3 is 0 Å². The van der Waals surface area contributed by atoms with Crippen LogP contribution in [-0.4, -0.2) is 18.4 Å². The summed E-state index contributed by atoms with van der Waals surface area (Å²) in [6.07, 6.45) is 0. The highest BCUT2D eigenvalue weighted by Crippen LogP contribution is 2.37. The molecule has 2 amide bonds. The Morgan fingerprint density at radius 1 is 0.833 bits per heavy atom. The molecule has 0 radical (unpaired) electrons. The van der Waals surface area contributed by atoms with Crippen molar-refractivity contribution >= 4 is 46.6 Å². The fourth-order valence-corrected chi connectivity index (χ4v) is 4.50. The largest absolute Gasteiger partial charge is 0.484 e. The van der Waals surface area contributed by atoms with Crippen LogP contribution >= 0.6 is 23.4 Å². The summed E-state index contributed by atoms with van der Waals surface area (Å²) in [6.45, 7) is -0.107. The van der Waals surface area contributed by atoms with Gasteiger partial charge in [-0.05, 0) is 60.2 Å². The fourth-order valence-electron chi connectivity index (χ4n) is 3.30. The maximum Gasteiger partial charge on any atom is 0.262 e. The average molecular weight is 521 g/mol. The zero-order valence-electron chi connectivity index (χ0n) is 19.0. The molecule has 36 heavy (non-hydrogen) atoms. The first-order chi connectivity index (χ1) is 17.5. The molecule has 0 heterocycles. The summed E-state index contributed by atoms with van der Waals surface area (Å²) in [5.74, 6) is -0.488. The molecule has 0 aliphatic rings. The molecule has 0 spiro atoms. The molecule has 2 N–H and O–H groups in total. The van der Waals surface area contributed by atoms with Crippen molar-refractivity contribution in [1.82, 2.24) is 0 Å². The third-order valence-electron chi connectivity index (χ3n) is 5.03. The van der Waals surface area contributed by atoms with Crippen molar-refractivity contribution in [1.29, 1.82) is 0 Å². The third-order valence-corrected chi connectivity index (χ3v) is 6.59. The number of hydrogen-bond acceptors (Lipinski definition) is 4. The van der Waals surface area contributed by atoms with Crippen molar-refractivity contribution in [3.63, 3.8) is 0 Å².